The first-order chi connectivity index (χ1) is 13.4. The van der Waals surface area contributed by atoms with Gasteiger partial charge >= 0.3 is 6.09 Å². The van der Waals surface area contributed by atoms with E-state index in [1.807, 2.05) is 24.3 Å². The van der Waals surface area contributed by atoms with Crippen LogP contribution >= 0.6 is 0 Å². The lowest BCUT2D eigenvalue weighted by molar-refractivity contribution is 0.136. The van der Waals surface area contributed by atoms with Gasteiger partial charge in [0.15, 0.2) is 0 Å². The number of hydrogen-bond donors (Lipinski definition) is 1. The van der Waals surface area contributed by atoms with Gasteiger partial charge in [-0.2, -0.15) is 4.31 Å². The Morgan fingerprint density at radius 1 is 1.07 bits per heavy atom. The van der Waals surface area contributed by atoms with E-state index in [4.69, 9.17) is 4.74 Å². The number of rotatable bonds is 3. The first kappa shape index (κ1) is 18.8. The van der Waals surface area contributed by atoms with Crippen molar-refractivity contribution in [3.8, 4) is 5.75 Å². The van der Waals surface area contributed by atoms with Crippen LogP contribution in [0.1, 0.15) is 24.0 Å². The number of aryl methyl sites for hydroxylation is 1. The van der Waals surface area contributed by atoms with Crippen LogP contribution in [0.25, 0.3) is 0 Å². The van der Waals surface area contributed by atoms with Crippen LogP contribution in [-0.4, -0.2) is 43.1 Å². The van der Waals surface area contributed by atoms with Crippen LogP contribution < -0.4 is 4.90 Å². The summed E-state index contributed by atoms with van der Waals surface area (Å²) in [5, 5.41) is 10.2. The van der Waals surface area contributed by atoms with E-state index in [0.717, 1.165) is 11.3 Å². The zero-order valence-electron chi connectivity index (χ0n) is 15.5. The quantitative estimate of drug-likeness (QED) is 0.853. The summed E-state index contributed by atoms with van der Waals surface area (Å²) in [6, 6.07) is 12.2. The molecule has 1 fully saturated rings. The average molecular weight is 402 g/mol. The van der Waals surface area contributed by atoms with Crippen LogP contribution in [0.5, 0.6) is 5.75 Å². The number of phenolic OH excluding ortho intramolecular Hbond substituents is 1. The number of carbonyl (C=O) groups excluding carboxylic acids is 1. The molecular formula is C20H22N2O5S. The fourth-order valence-corrected chi connectivity index (χ4v) is 5.47. The van der Waals surface area contributed by atoms with Gasteiger partial charge in [0.25, 0.3) is 0 Å². The summed E-state index contributed by atoms with van der Waals surface area (Å²) in [6.07, 6.45) is 0.598. The van der Waals surface area contributed by atoms with Crippen molar-refractivity contribution >= 4 is 21.8 Å². The van der Waals surface area contributed by atoms with Crippen molar-refractivity contribution in [2.24, 2.45) is 0 Å². The number of para-hydroxylation sites is 2. The molecule has 4 rings (SSSR count). The maximum Gasteiger partial charge on any atom is 0.414 e. The number of amides is 1. The highest BCUT2D eigenvalue weighted by Gasteiger charge is 2.37. The van der Waals surface area contributed by atoms with Crippen molar-refractivity contribution in [2.75, 3.05) is 18.0 Å². The van der Waals surface area contributed by atoms with Gasteiger partial charge in [-0.15, -0.1) is 0 Å². The second kappa shape index (κ2) is 7.10. The van der Waals surface area contributed by atoms with Crippen molar-refractivity contribution in [2.45, 2.75) is 37.3 Å². The van der Waals surface area contributed by atoms with E-state index < -0.39 is 16.1 Å². The number of piperidine rings is 1. The Kier molecular flexibility index (Phi) is 4.76. The highest BCUT2D eigenvalue weighted by Crippen LogP contribution is 2.34. The lowest BCUT2D eigenvalue weighted by Crippen LogP contribution is -2.50. The summed E-state index contributed by atoms with van der Waals surface area (Å²) in [4.78, 5) is 13.9. The predicted molar refractivity (Wildman–Crippen MR) is 104 cm³/mol. The molecule has 2 aliphatic rings. The van der Waals surface area contributed by atoms with Gasteiger partial charge in [0, 0.05) is 24.7 Å². The maximum atomic E-state index is 13.0. The van der Waals surface area contributed by atoms with Gasteiger partial charge in [0.1, 0.15) is 17.3 Å². The molecule has 2 aromatic rings. The van der Waals surface area contributed by atoms with Gasteiger partial charge in [-0.3, -0.25) is 4.90 Å². The summed E-state index contributed by atoms with van der Waals surface area (Å²) in [7, 11) is -3.79. The summed E-state index contributed by atoms with van der Waals surface area (Å²) in [5.41, 5.74) is 2.29. The number of cyclic esters (lactones) is 1. The highest BCUT2D eigenvalue weighted by molar-refractivity contribution is 7.89. The van der Waals surface area contributed by atoms with Crippen molar-refractivity contribution in [1.29, 1.82) is 0 Å². The van der Waals surface area contributed by atoms with Gasteiger partial charge in [-0.25, -0.2) is 13.2 Å². The molecule has 1 saturated heterocycles. The van der Waals surface area contributed by atoms with E-state index in [-0.39, 0.29) is 36.4 Å². The van der Waals surface area contributed by atoms with Crippen molar-refractivity contribution in [3.05, 3.63) is 53.6 Å². The molecule has 1 amide bonds. The van der Waals surface area contributed by atoms with Crippen LogP contribution in [0.15, 0.2) is 47.4 Å². The van der Waals surface area contributed by atoms with Crippen LogP contribution in [0.4, 0.5) is 10.5 Å². The molecule has 1 N–H and O–H groups in total. The molecule has 0 radical (unpaired) electrons. The minimum atomic E-state index is -3.79. The van der Waals surface area contributed by atoms with Crippen LogP contribution in [0.2, 0.25) is 0 Å². The second-order valence-electron chi connectivity index (χ2n) is 7.11. The summed E-state index contributed by atoms with van der Waals surface area (Å²) in [5.74, 6) is -0.210. The van der Waals surface area contributed by atoms with Crippen molar-refractivity contribution in [1.82, 2.24) is 4.31 Å². The number of benzene rings is 2. The molecule has 8 heteroatoms. The van der Waals surface area contributed by atoms with Crippen LogP contribution in [0.3, 0.4) is 0 Å². The molecule has 2 aliphatic heterocycles. The number of phenols is 1. The molecule has 2 heterocycles. The Bertz CT molecular complexity index is 1010. The van der Waals surface area contributed by atoms with E-state index in [1.165, 1.54) is 10.4 Å². The Balaban J connectivity index is 1.54. The highest BCUT2D eigenvalue weighted by atomic mass is 32.2. The smallest absolute Gasteiger partial charge is 0.414 e. The minimum absolute atomic E-state index is 0.0753. The Morgan fingerprint density at radius 2 is 1.79 bits per heavy atom. The normalized spacial score (nSPS) is 18.6. The van der Waals surface area contributed by atoms with E-state index >= 15 is 0 Å². The van der Waals surface area contributed by atoms with Gasteiger partial charge in [0.05, 0.1) is 5.69 Å². The Morgan fingerprint density at radius 3 is 2.54 bits per heavy atom. The Hall–Kier alpha value is -2.58. The number of ether oxygens (including phenoxy) is 1. The third kappa shape index (κ3) is 3.12. The fraction of sp³-hybridized carbons (Fsp3) is 0.350. The first-order valence-electron chi connectivity index (χ1n) is 9.22. The molecule has 0 saturated carbocycles. The van der Waals surface area contributed by atoms with Gasteiger partial charge in [-0.05, 0) is 37.5 Å². The third-order valence-electron chi connectivity index (χ3n) is 5.41. The van der Waals surface area contributed by atoms with Gasteiger partial charge in [0.2, 0.25) is 10.0 Å². The number of carbonyl (C=O) groups is 1. The summed E-state index contributed by atoms with van der Waals surface area (Å²) >= 11 is 0. The largest absolute Gasteiger partial charge is 0.506 e. The number of aromatic hydroxyl groups is 1. The molecule has 28 heavy (non-hydrogen) atoms. The zero-order valence-corrected chi connectivity index (χ0v) is 16.4. The molecule has 0 atom stereocenters. The van der Waals surface area contributed by atoms with Crippen LogP contribution in [-0.2, 0) is 21.4 Å². The number of hydrogen-bond acceptors (Lipinski definition) is 5. The van der Waals surface area contributed by atoms with Gasteiger partial charge < -0.3 is 9.84 Å². The van der Waals surface area contributed by atoms with Crippen molar-refractivity contribution in [3.63, 3.8) is 0 Å². The Labute approximate surface area is 164 Å². The van der Waals surface area contributed by atoms with E-state index in [0.29, 0.717) is 18.4 Å². The monoisotopic (exact) mass is 402 g/mol. The topological polar surface area (TPSA) is 87.2 Å². The molecule has 0 bridgehead atoms. The molecule has 0 aromatic heterocycles. The van der Waals surface area contributed by atoms with Crippen LogP contribution in [0, 0.1) is 6.92 Å². The van der Waals surface area contributed by atoms with Gasteiger partial charge in [-0.1, -0.05) is 30.3 Å². The first-order valence-corrected chi connectivity index (χ1v) is 10.7. The van der Waals surface area contributed by atoms with E-state index in [2.05, 4.69) is 0 Å². The van der Waals surface area contributed by atoms with E-state index in [1.54, 1.807) is 24.0 Å². The molecular weight excluding hydrogens is 380 g/mol. The molecule has 7 nitrogen and oxygen atoms in total. The van der Waals surface area contributed by atoms with E-state index in [9.17, 15) is 18.3 Å². The fourth-order valence-electron chi connectivity index (χ4n) is 3.84. The predicted octanol–water partition coefficient (Wildman–Crippen LogP) is 3.01. The minimum Gasteiger partial charge on any atom is -0.506 e. The number of fused-ring (bicyclic) bond motifs is 1. The number of nitrogens with zero attached hydrogens (tertiary/aromatic N) is 2. The SMILES string of the molecule is Cc1cccc(S(=O)(=O)N2CCC(N3C(=O)OCc4ccccc43)CC2)c1O. The lowest BCUT2D eigenvalue weighted by atomic mass is 10.0. The molecule has 148 valence electrons. The molecule has 0 unspecified atom stereocenters. The summed E-state index contributed by atoms with van der Waals surface area (Å²) in [6.45, 7) is 2.46. The third-order valence-corrected chi connectivity index (χ3v) is 7.34. The number of anilines is 1. The standard InChI is InChI=1S/C20H22N2O5S/c1-14-5-4-8-18(19(14)23)28(25,26)21-11-9-16(10-12-21)22-17-7-3-2-6-15(17)13-27-20(22)24/h2-8,16,23H,9-13H2,1H3. The molecule has 0 aliphatic carbocycles. The van der Waals surface area contributed by atoms with Crippen molar-refractivity contribution < 1.29 is 23.1 Å². The zero-order chi connectivity index (χ0) is 19.9. The molecule has 0 spiro atoms. The second-order valence-corrected chi connectivity index (χ2v) is 9.02. The number of sulfonamides is 1. The average Bonchev–Trinajstić information content (AvgIpc) is 2.70. The maximum absolute atomic E-state index is 13.0. The summed E-state index contributed by atoms with van der Waals surface area (Å²) < 4.78 is 32.6. The molecule has 2 aromatic carbocycles. The lowest BCUT2D eigenvalue weighted by Gasteiger charge is -2.39.